The van der Waals surface area contributed by atoms with Crippen molar-refractivity contribution in [1.82, 2.24) is 15.5 Å². The minimum Gasteiger partial charge on any atom is -0.369 e. The second kappa shape index (κ2) is 14.6. The van der Waals surface area contributed by atoms with Crippen LogP contribution in [0.5, 0.6) is 0 Å². The second-order valence-corrected chi connectivity index (χ2v) is 6.49. The molecule has 0 aliphatic carbocycles. The molecule has 0 spiro atoms. The van der Waals surface area contributed by atoms with E-state index in [1.807, 2.05) is 32.2 Å². The largest absolute Gasteiger partial charge is 0.369 e. The molecular formula is C17H30Cl4N4O. The Hall–Kier alpha value is -0.430. The van der Waals surface area contributed by atoms with Gasteiger partial charge < -0.3 is 15.5 Å². The van der Waals surface area contributed by atoms with Crippen LogP contribution in [0.2, 0.25) is 5.02 Å². The summed E-state index contributed by atoms with van der Waals surface area (Å²) in [7, 11) is 1.86. The van der Waals surface area contributed by atoms with E-state index in [-0.39, 0.29) is 49.0 Å². The molecule has 152 valence electrons. The van der Waals surface area contributed by atoms with Gasteiger partial charge in [0.05, 0.1) is 0 Å². The SMILES string of the molecule is CNCC(C)C(=O)NCCN1CCN(c2cccc(Cl)c2)CC1.Cl.Cl.Cl. The Morgan fingerprint density at radius 3 is 2.42 bits per heavy atom. The molecule has 0 bridgehead atoms. The predicted molar refractivity (Wildman–Crippen MR) is 118 cm³/mol. The van der Waals surface area contributed by atoms with Gasteiger partial charge in [0.25, 0.3) is 0 Å². The standard InChI is InChI=1S/C17H27ClN4O.3ClH/c1-14(13-19-2)17(23)20-6-7-21-8-10-22(11-9-21)16-5-3-4-15(18)12-16;;;/h3-5,12,14,19H,6-11,13H2,1-2H3,(H,20,23);3*1H. The number of halogens is 4. The molecule has 0 saturated carbocycles. The summed E-state index contributed by atoms with van der Waals surface area (Å²) in [6, 6.07) is 8.01. The van der Waals surface area contributed by atoms with Crippen molar-refractivity contribution in [1.29, 1.82) is 0 Å². The van der Waals surface area contributed by atoms with Crippen molar-refractivity contribution in [3.63, 3.8) is 0 Å². The summed E-state index contributed by atoms with van der Waals surface area (Å²) in [6.45, 7) is 8.27. The number of carbonyl (C=O) groups is 1. The lowest BCUT2D eigenvalue weighted by Gasteiger charge is -2.36. The van der Waals surface area contributed by atoms with Gasteiger partial charge in [-0.2, -0.15) is 0 Å². The molecule has 0 aromatic heterocycles. The molecule has 1 aromatic carbocycles. The van der Waals surface area contributed by atoms with Gasteiger partial charge in [-0.25, -0.2) is 0 Å². The lowest BCUT2D eigenvalue weighted by atomic mass is 10.1. The summed E-state index contributed by atoms with van der Waals surface area (Å²) in [5, 5.41) is 6.82. The summed E-state index contributed by atoms with van der Waals surface area (Å²) >= 11 is 6.06. The first-order chi connectivity index (χ1) is 11.1. The number of rotatable bonds is 7. The quantitative estimate of drug-likeness (QED) is 0.674. The fourth-order valence-electron chi connectivity index (χ4n) is 2.81. The number of hydrogen-bond acceptors (Lipinski definition) is 4. The van der Waals surface area contributed by atoms with Crippen molar-refractivity contribution < 1.29 is 4.79 Å². The van der Waals surface area contributed by atoms with E-state index in [0.717, 1.165) is 37.7 Å². The summed E-state index contributed by atoms with van der Waals surface area (Å²) in [5.74, 6) is 0.136. The van der Waals surface area contributed by atoms with Crippen LogP contribution in [-0.2, 0) is 4.79 Å². The van der Waals surface area contributed by atoms with Crippen LogP contribution in [0.4, 0.5) is 5.69 Å². The van der Waals surface area contributed by atoms with Crippen molar-refractivity contribution in [3.05, 3.63) is 29.3 Å². The predicted octanol–water partition coefficient (Wildman–Crippen LogP) is 2.70. The van der Waals surface area contributed by atoms with Crippen LogP contribution >= 0.6 is 48.8 Å². The molecular weight excluding hydrogens is 418 g/mol. The highest BCUT2D eigenvalue weighted by Gasteiger charge is 2.17. The maximum atomic E-state index is 11.9. The topological polar surface area (TPSA) is 47.6 Å². The monoisotopic (exact) mass is 446 g/mol. The molecule has 1 aromatic rings. The number of carbonyl (C=O) groups excluding carboxylic acids is 1. The Morgan fingerprint density at radius 2 is 1.85 bits per heavy atom. The summed E-state index contributed by atoms with van der Waals surface area (Å²) < 4.78 is 0. The molecule has 9 heteroatoms. The zero-order valence-electron chi connectivity index (χ0n) is 15.2. The van der Waals surface area contributed by atoms with Gasteiger partial charge in [-0.15, -0.1) is 37.2 Å². The first kappa shape index (κ1) is 27.8. The van der Waals surface area contributed by atoms with E-state index in [2.05, 4.69) is 26.5 Å². The molecule has 1 unspecified atom stereocenters. The number of amides is 1. The lowest BCUT2D eigenvalue weighted by molar-refractivity contribution is -0.124. The van der Waals surface area contributed by atoms with E-state index < -0.39 is 0 Å². The van der Waals surface area contributed by atoms with E-state index in [0.29, 0.717) is 13.1 Å². The van der Waals surface area contributed by atoms with Crippen molar-refractivity contribution in [2.24, 2.45) is 5.92 Å². The Bertz CT molecular complexity index is 513. The number of anilines is 1. The molecule has 26 heavy (non-hydrogen) atoms. The molecule has 1 atom stereocenters. The highest BCUT2D eigenvalue weighted by Crippen LogP contribution is 2.20. The first-order valence-electron chi connectivity index (χ1n) is 8.25. The molecule has 1 aliphatic heterocycles. The van der Waals surface area contributed by atoms with E-state index in [4.69, 9.17) is 11.6 Å². The van der Waals surface area contributed by atoms with E-state index in [9.17, 15) is 4.79 Å². The first-order valence-corrected chi connectivity index (χ1v) is 8.63. The Kier molecular flexibility index (Phi) is 15.6. The van der Waals surface area contributed by atoms with Crippen LogP contribution in [0, 0.1) is 5.92 Å². The van der Waals surface area contributed by atoms with Gasteiger partial charge >= 0.3 is 0 Å². The Labute approximate surface area is 180 Å². The molecule has 1 fully saturated rings. The minimum absolute atomic E-state index is 0. The molecule has 1 heterocycles. The zero-order chi connectivity index (χ0) is 16.7. The minimum atomic E-state index is 0. The maximum Gasteiger partial charge on any atom is 0.224 e. The van der Waals surface area contributed by atoms with Crippen LogP contribution in [-0.4, -0.2) is 63.7 Å². The van der Waals surface area contributed by atoms with Crippen LogP contribution in [0.3, 0.4) is 0 Å². The smallest absolute Gasteiger partial charge is 0.224 e. The summed E-state index contributed by atoms with van der Waals surface area (Å²) in [4.78, 5) is 16.6. The Balaban J connectivity index is 0. The fraction of sp³-hybridized carbons (Fsp3) is 0.588. The third-order valence-electron chi connectivity index (χ3n) is 4.23. The number of piperazine rings is 1. The third kappa shape index (κ3) is 8.98. The highest BCUT2D eigenvalue weighted by molar-refractivity contribution is 6.30. The zero-order valence-corrected chi connectivity index (χ0v) is 18.4. The van der Waals surface area contributed by atoms with Crippen molar-refractivity contribution in [2.45, 2.75) is 6.92 Å². The van der Waals surface area contributed by atoms with Crippen LogP contribution < -0.4 is 15.5 Å². The van der Waals surface area contributed by atoms with Gasteiger partial charge in [0.15, 0.2) is 0 Å². The molecule has 5 nitrogen and oxygen atoms in total. The van der Waals surface area contributed by atoms with Gasteiger partial charge in [-0.3, -0.25) is 9.69 Å². The molecule has 0 radical (unpaired) electrons. The molecule has 1 aliphatic rings. The van der Waals surface area contributed by atoms with Gasteiger partial charge in [-0.05, 0) is 25.2 Å². The Morgan fingerprint density at radius 1 is 1.19 bits per heavy atom. The van der Waals surface area contributed by atoms with Crippen molar-refractivity contribution in [3.8, 4) is 0 Å². The molecule has 2 N–H and O–H groups in total. The molecule has 1 amide bonds. The summed E-state index contributed by atoms with van der Waals surface area (Å²) in [6.07, 6.45) is 0. The third-order valence-corrected chi connectivity index (χ3v) is 4.47. The molecule has 2 rings (SSSR count). The van der Waals surface area contributed by atoms with Gasteiger partial charge in [-0.1, -0.05) is 24.6 Å². The summed E-state index contributed by atoms with van der Waals surface area (Å²) in [5.41, 5.74) is 1.19. The van der Waals surface area contributed by atoms with Crippen LogP contribution in [0.25, 0.3) is 0 Å². The van der Waals surface area contributed by atoms with Gasteiger partial charge in [0, 0.05) is 62.4 Å². The number of nitrogens with one attached hydrogen (secondary N) is 2. The highest BCUT2D eigenvalue weighted by atomic mass is 35.5. The van der Waals surface area contributed by atoms with Crippen molar-refractivity contribution in [2.75, 3.05) is 57.8 Å². The van der Waals surface area contributed by atoms with E-state index >= 15 is 0 Å². The average molecular weight is 448 g/mol. The maximum absolute atomic E-state index is 11.9. The van der Waals surface area contributed by atoms with Gasteiger partial charge in [0.1, 0.15) is 0 Å². The normalized spacial score (nSPS) is 15.1. The van der Waals surface area contributed by atoms with Crippen molar-refractivity contribution >= 4 is 60.4 Å². The average Bonchev–Trinajstić information content (AvgIpc) is 2.55. The van der Waals surface area contributed by atoms with Gasteiger partial charge in [0.2, 0.25) is 5.91 Å². The second-order valence-electron chi connectivity index (χ2n) is 6.06. The van der Waals surface area contributed by atoms with Crippen LogP contribution in [0.15, 0.2) is 24.3 Å². The number of hydrogen-bond donors (Lipinski definition) is 2. The van der Waals surface area contributed by atoms with E-state index in [1.165, 1.54) is 5.69 Å². The lowest BCUT2D eigenvalue weighted by Crippen LogP contribution is -2.49. The molecule has 1 saturated heterocycles. The number of nitrogens with zero attached hydrogens (tertiary/aromatic N) is 2. The van der Waals surface area contributed by atoms with Crippen LogP contribution in [0.1, 0.15) is 6.92 Å². The number of benzene rings is 1. The van der Waals surface area contributed by atoms with E-state index in [1.54, 1.807) is 0 Å². The fourth-order valence-corrected chi connectivity index (χ4v) is 3.00.